The first-order valence-electron chi connectivity index (χ1n) is 8.43. The number of benzene rings is 2. The Morgan fingerprint density at radius 1 is 1.15 bits per heavy atom. The van der Waals surface area contributed by atoms with Crippen LogP contribution in [0, 0.1) is 13.8 Å². The van der Waals surface area contributed by atoms with E-state index in [2.05, 4.69) is 10.1 Å². The summed E-state index contributed by atoms with van der Waals surface area (Å²) in [5.41, 5.74) is 3.73. The average Bonchev–Trinajstić information content (AvgIpc) is 3.06. The molecular formula is C20H20ClN3O2. The lowest BCUT2D eigenvalue weighted by atomic mass is 9.99. The highest BCUT2D eigenvalue weighted by molar-refractivity contribution is 6.31. The number of carbonyl (C=O) groups excluding carboxylic acids is 1. The molecule has 0 saturated heterocycles. The van der Waals surface area contributed by atoms with Gasteiger partial charge < -0.3 is 9.42 Å². The Hall–Kier alpha value is -2.66. The molecule has 0 radical (unpaired) electrons. The number of halogens is 1. The molecule has 6 heteroatoms. The second kappa shape index (κ2) is 7.70. The van der Waals surface area contributed by atoms with Crippen molar-refractivity contribution in [1.29, 1.82) is 0 Å². The standard InChI is InChI=1S/C20H20ClN3O2/c1-4-24(12-19-22-14(3)23-26-19)20(25)16-10-8-15(9-11-16)17-6-5-7-18(21)13(17)2/h5-11H,4,12H2,1-3H3. The first kappa shape index (κ1) is 18.1. The largest absolute Gasteiger partial charge is 0.337 e. The molecule has 0 aliphatic heterocycles. The molecule has 1 amide bonds. The van der Waals surface area contributed by atoms with Gasteiger partial charge >= 0.3 is 0 Å². The van der Waals surface area contributed by atoms with Crippen LogP contribution >= 0.6 is 11.6 Å². The SMILES string of the molecule is CCN(Cc1nc(C)no1)C(=O)c1ccc(-c2cccc(Cl)c2C)cc1. The second-order valence-corrected chi connectivity index (χ2v) is 6.45. The van der Waals surface area contributed by atoms with Crippen LogP contribution in [-0.4, -0.2) is 27.5 Å². The Labute approximate surface area is 157 Å². The van der Waals surface area contributed by atoms with Crippen molar-refractivity contribution in [2.24, 2.45) is 0 Å². The lowest BCUT2D eigenvalue weighted by Gasteiger charge is -2.19. The van der Waals surface area contributed by atoms with Crippen molar-refractivity contribution in [1.82, 2.24) is 15.0 Å². The van der Waals surface area contributed by atoms with Crippen LogP contribution in [0.5, 0.6) is 0 Å². The topological polar surface area (TPSA) is 59.2 Å². The zero-order valence-electron chi connectivity index (χ0n) is 15.0. The number of hydrogen-bond acceptors (Lipinski definition) is 4. The molecule has 134 valence electrons. The van der Waals surface area contributed by atoms with E-state index in [0.29, 0.717) is 30.4 Å². The molecule has 0 unspecified atom stereocenters. The summed E-state index contributed by atoms with van der Waals surface area (Å²) in [5.74, 6) is 0.923. The number of nitrogens with zero attached hydrogens (tertiary/aromatic N) is 3. The van der Waals surface area contributed by atoms with E-state index in [9.17, 15) is 4.79 Å². The number of hydrogen-bond donors (Lipinski definition) is 0. The van der Waals surface area contributed by atoms with Crippen molar-refractivity contribution in [3.05, 3.63) is 70.3 Å². The molecular weight excluding hydrogens is 350 g/mol. The normalized spacial score (nSPS) is 10.8. The first-order chi connectivity index (χ1) is 12.5. The Balaban J connectivity index is 1.80. The molecule has 0 spiro atoms. The molecule has 0 bridgehead atoms. The van der Waals surface area contributed by atoms with Crippen molar-refractivity contribution in [3.8, 4) is 11.1 Å². The second-order valence-electron chi connectivity index (χ2n) is 6.04. The van der Waals surface area contributed by atoms with E-state index in [1.54, 1.807) is 11.8 Å². The zero-order chi connectivity index (χ0) is 18.7. The van der Waals surface area contributed by atoms with E-state index in [1.807, 2.05) is 56.3 Å². The van der Waals surface area contributed by atoms with E-state index in [0.717, 1.165) is 21.7 Å². The van der Waals surface area contributed by atoms with Crippen LogP contribution in [-0.2, 0) is 6.54 Å². The van der Waals surface area contributed by atoms with Gasteiger partial charge in [0.05, 0.1) is 0 Å². The van der Waals surface area contributed by atoms with E-state index < -0.39 is 0 Å². The average molecular weight is 370 g/mol. The number of aryl methyl sites for hydroxylation is 1. The van der Waals surface area contributed by atoms with E-state index >= 15 is 0 Å². The maximum absolute atomic E-state index is 12.8. The fraction of sp³-hybridized carbons (Fsp3) is 0.250. The molecule has 5 nitrogen and oxygen atoms in total. The summed E-state index contributed by atoms with van der Waals surface area (Å²) >= 11 is 6.20. The van der Waals surface area contributed by atoms with Crippen LogP contribution in [0.1, 0.15) is 34.6 Å². The van der Waals surface area contributed by atoms with Crippen molar-refractivity contribution >= 4 is 17.5 Å². The van der Waals surface area contributed by atoms with Crippen LogP contribution in [0.15, 0.2) is 47.0 Å². The van der Waals surface area contributed by atoms with Gasteiger partial charge in [0.1, 0.15) is 6.54 Å². The lowest BCUT2D eigenvalue weighted by molar-refractivity contribution is 0.0734. The third-order valence-electron chi connectivity index (χ3n) is 4.28. The number of carbonyl (C=O) groups is 1. The molecule has 2 aromatic carbocycles. The third-order valence-corrected chi connectivity index (χ3v) is 4.68. The van der Waals surface area contributed by atoms with Gasteiger partial charge in [-0.3, -0.25) is 4.79 Å². The Morgan fingerprint density at radius 2 is 1.88 bits per heavy atom. The molecule has 3 rings (SSSR count). The minimum Gasteiger partial charge on any atom is -0.337 e. The van der Waals surface area contributed by atoms with Crippen LogP contribution in [0.3, 0.4) is 0 Å². The summed E-state index contributed by atoms with van der Waals surface area (Å²) in [7, 11) is 0. The van der Waals surface area contributed by atoms with Gasteiger partial charge in [-0.2, -0.15) is 4.98 Å². The van der Waals surface area contributed by atoms with Gasteiger partial charge in [-0.25, -0.2) is 0 Å². The Bertz CT molecular complexity index is 919. The molecule has 0 aliphatic rings. The highest BCUT2D eigenvalue weighted by Crippen LogP contribution is 2.28. The minimum atomic E-state index is -0.0716. The monoisotopic (exact) mass is 369 g/mol. The molecule has 3 aromatic rings. The maximum Gasteiger partial charge on any atom is 0.254 e. The summed E-state index contributed by atoms with van der Waals surface area (Å²) in [5, 5.41) is 4.49. The molecule has 1 aromatic heterocycles. The quantitative estimate of drug-likeness (QED) is 0.655. The van der Waals surface area contributed by atoms with Gasteiger partial charge in [0.25, 0.3) is 5.91 Å². The highest BCUT2D eigenvalue weighted by atomic mass is 35.5. The van der Waals surface area contributed by atoms with Gasteiger partial charge in [-0.05, 0) is 55.7 Å². The van der Waals surface area contributed by atoms with E-state index in [-0.39, 0.29) is 5.91 Å². The predicted molar refractivity (Wildman–Crippen MR) is 101 cm³/mol. The minimum absolute atomic E-state index is 0.0716. The van der Waals surface area contributed by atoms with Gasteiger partial charge in [-0.15, -0.1) is 0 Å². The lowest BCUT2D eigenvalue weighted by Crippen LogP contribution is -2.30. The van der Waals surface area contributed by atoms with Crippen LogP contribution in [0.4, 0.5) is 0 Å². The third kappa shape index (κ3) is 3.78. The zero-order valence-corrected chi connectivity index (χ0v) is 15.7. The van der Waals surface area contributed by atoms with Crippen LogP contribution in [0.25, 0.3) is 11.1 Å². The summed E-state index contributed by atoms with van der Waals surface area (Å²) in [6.07, 6.45) is 0. The van der Waals surface area contributed by atoms with Crippen molar-refractivity contribution in [2.45, 2.75) is 27.3 Å². The maximum atomic E-state index is 12.8. The Kier molecular flexibility index (Phi) is 5.38. The number of amides is 1. The van der Waals surface area contributed by atoms with Gasteiger partial charge in [0, 0.05) is 17.1 Å². The molecule has 0 N–H and O–H groups in total. The van der Waals surface area contributed by atoms with Gasteiger partial charge in [-0.1, -0.05) is 41.0 Å². The van der Waals surface area contributed by atoms with E-state index in [4.69, 9.17) is 16.1 Å². The van der Waals surface area contributed by atoms with Crippen molar-refractivity contribution < 1.29 is 9.32 Å². The highest BCUT2D eigenvalue weighted by Gasteiger charge is 2.17. The number of rotatable bonds is 5. The Morgan fingerprint density at radius 3 is 2.50 bits per heavy atom. The van der Waals surface area contributed by atoms with E-state index in [1.165, 1.54) is 0 Å². The van der Waals surface area contributed by atoms with Crippen LogP contribution in [0.2, 0.25) is 5.02 Å². The van der Waals surface area contributed by atoms with Crippen molar-refractivity contribution in [3.63, 3.8) is 0 Å². The van der Waals surface area contributed by atoms with Gasteiger partial charge in [0.15, 0.2) is 5.82 Å². The molecule has 0 saturated carbocycles. The fourth-order valence-corrected chi connectivity index (χ4v) is 2.96. The summed E-state index contributed by atoms with van der Waals surface area (Å²) in [4.78, 5) is 18.6. The smallest absolute Gasteiger partial charge is 0.254 e. The molecule has 1 heterocycles. The molecule has 0 aliphatic carbocycles. The van der Waals surface area contributed by atoms with Gasteiger partial charge in [0.2, 0.25) is 5.89 Å². The molecule has 26 heavy (non-hydrogen) atoms. The molecule has 0 fully saturated rings. The van der Waals surface area contributed by atoms with Crippen molar-refractivity contribution in [2.75, 3.05) is 6.54 Å². The summed E-state index contributed by atoms with van der Waals surface area (Å²) < 4.78 is 5.12. The molecule has 0 atom stereocenters. The first-order valence-corrected chi connectivity index (χ1v) is 8.81. The predicted octanol–water partition coefficient (Wildman–Crippen LogP) is 4.67. The summed E-state index contributed by atoms with van der Waals surface area (Å²) in [6, 6.07) is 13.4. The van der Waals surface area contributed by atoms with Crippen LogP contribution < -0.4 is 0 Å². The number of aromatic nitrogens is 2. The fourth-order valence-electron chi connectivity index (χ4n) is 2.79. The summed E-state index contributed by atoms with van der Waals surface area (Å²) in [6.45, 7) is 6.51.